The maximum atomic E-state index is 12.2. The van der Waals surface area contributed by atoms with Crippen molar-refractivity contribution < 1.29 is 19.0 Å². The van der Waals surface area contributed by atoms with E-state index < -0.39 is 0 Å². The molecule has 7 heteroatoms. The molecule has 0 aliphatic heterocycles. The first-order valence-corrected chi connectivity index (χ1v) is 9.98. The first-order valence-electron chi connectivity index (χ1n) is 9.98. The van der Waals surface area contributed by atoms with E-state index in [4.69, 9.17) is 14.2 Å². The Hall–Kier alpha value is -3.48. The fraction of sp³-hybridized carbons (Fsp3) is 0.304. The lowest BCUT2D eigenvalue weighted by Gasteiger charge is -2.12. The molecule has 0 aliphatic carbocycles. The Bertz CT molecular complexity index is 984. The Morgan fingerprint density at radius 2 is 1.77 bits per heavy atom. The summed E-state index contributed by atoms with van der Waals surface area (Å²) in [4.78, 5) is 12.2. The van der Waals surface area contributed by atoms with Gasteiger partial charge < -0.3 is 19.5 Å². The zero-order chi connectivity index (χ0) is 21.3. The van der Waals surface area contributed by atoms with E-state index in [9.17, 15) is 4.79 Å². The number of para-hydroxylation sites is 1. The Balaban J connectivity index is 1.57. The fourth-order valence-corrected chi connectivity index (χ4v) is 2.95. The lowest BCUT2D eigenvalue weighted by atomic mass is 10.2. The minimum Gasteiger partial charge on any atom is -0.490 e. The summed E-state index contributed by atoms with van der Waals surface area (Å²) in [5, 5.41) is 7.12. The van der Waals surface area contributed by atoms with E-state index in [1.54, 1.807) is 17.1 Å². The van der Waals surface area contributed by atoms with Gasteiger partial charge in [-0.1, -0.05) is 24.3 Å². The molecule has 1 heterocycles. The Labute approximate surface area is 176 Å². The van der Waals surface area contributed by atoms with Crippen molar-refractivity contribution in [2.45, 2.75) is 27.3 Å². The van der Waals surface area contributed by atoms with Crippen molar-refractivity contribution in [2.24, 2.45) is 0 Å². The summed E-state index contributed by atoms with van der Waals surface area (Å²) >= 11 is 0. The molecule has 0 saturated heterocycles. The van der Waals surface area contributed by atoms with Gasteiger partial charge in [0, 0.05) is 6.20 Å². The molecule has 0 aliphatic rings. The molecule has 1 amide bonds. The van der Waals surface area contributed by atoms with Crippen molar-refractivity contribution in [2.75, 3.05) is 25.1 Å². The number of aryl methyl sites for hydroxylation is 1. The van der Waals surface area contributed by atoms with Crippen molar-refractivity contribution in [1.29, 1.82) is 0 Å². The van der Waals surface area contributed by atoms with Crippen molar-refractivity contribution in [1.82, 2.24) is 9.78 Å². The third-order valence-electron chi connectivity index (χ3n) is 4.32. The third-order valence-corrected chi connectivity index (χ3v) is 4.32. The van der Waals surface area contributed by atoms with E-state index >= 15 is 0 Å². The van der Waals surface area contributed by atoms with Crippen LogP contribution in [0, 0.1) is 6.92 Å². The zero-order valence-electron chi connectivity index (χ0n) is 17.6. The van der Waals surface area contributed by atoms with E-state index in [1.165, 1.54) is 0 Å². The number of anilines is 1. The zero-order valence-corrected chi connectivity index (χ0v) is 17.6. The Morgan fingerprint density at radius 1 is 1.00 bits per heavy atom. The molecule has 2 aromatic carbocycles. The van der Waals surface area contributed by atoms with Gasteiger partial charge in [-0.15, -0.1) is 0 Å². The Morgan fingerprint density at radius 3 is 2.53 bits per heavy atom. The van der Waals surface area contributed by atoms with Crippen LogP contribution >= 0.6 is 0 Å². The van der Waals surface area contributed by atoms with Gasteiger partial charge in [-0.05, 0) is 50.1 Å². The van der Waals surface area contributed by atoms with Crippen molar-refractivity contribution >= 4 is 11.6 Å². The molecule has 0 fully saturated rings. The number of aromatic nitrogens is 2. The highest BCUT2D eigenvalue weighted by Crippen LogP contribution is 2.29. The van der Waals surface area contributed by atoms with Crippen LogP contribution in [-0.2, 0) is 11.3 Å². The van der Waals surface area contributed by atoms with Gasteiger partial charge in [-0.3, -0.25) is 9.48 Å². The number of ether oxygens (including phenoxy) is 3. The number of nitrogens with one attached hydrogen (secondary N) is 1. The molecule has 158 valence electrons. The summed E-state index contributed by atoms with van der Waals surface area (Å²) in [6, 6.07) is 13.4. The van der Waals surface area contributed by atoms with Crippen LogP contribution in [0.2, 0.25) is 0 Å². The monoisotopic (exact) mass is 409 g/mol. The van der Waals surface area contributed by atoms with E-state index in [1.807, 2.05) is 63.2 Å². The molecule has 1 aromatic heterocycles. The summed E-state index contributed by atoms with van der Waals surface area (Å²) in [6.07, 6.45) is 3.39. The number of benzene rings is 2. The molecule has 0 radical (unpaired) electrons. The van der Waals surface area contributed by atoms with Gasteiger partial charge in [-0.25, -0.2) is 0 Å². The molecule has 3 rings (SSSR count). The number of carbonyl (C=O) groups excluding carboxylic acids is 1. The van der Waals surface area contributed by atoms with Crippen LogP contribution in [0.15, 0.2) is 54.9 Å². The maximum Gasteiger partial charge on any atom is 0.262 e. The van der Waals surface area contributed by atoms with Gasteiger partial charge in [0.15, 0.2) is 18.1 Å². The minimum absolute atomic E-state index is 0.0629. The van der Waals surface area contributed by atoms with Gasteiger partial charge in [0.1, 0.15) is 5.75 Å². The summed E-state index contributed by atoms with van der Waals surface area (Å²) in [5.41, 5.74) is 2.62. The highest BCUT2D eigenvalue weighted by molar-refractivity contribution is 5.91. The lowest BCUT2D eigenvalue weighted by molar-refractivity contribution is -0.118. The second-order valence-corrected chi connectivity index (χ2v) is 6.68. The average molecular weight is 409 g/mol. The van der Waals surface area contributed by atoms with Crippen molar-refractivity contribution in [3.8, 4) is 17.2 Å². The first kappa shape index (κ1) is 21.2. The third kappa shape index (κ3) is 5.76. The maximum absolute atomic E-state index is 12.2. The molecule has 0 saturated carbocycles. The molecule has 0 spiro atoms. The van der Waals surface area contributed by atoms with Crippen molar-refractivity contribution in [3.63, 3.8) is 0 Å². The lowest BCUT2D eigenvalue weighted by Crippen LogP contribution is -2.20. The SMILES string of the molecule is CCOc1ccc(Cn2cc(NC(=O)COc3ccccc3C)cn2)cc1OCC. The van der Waals surface area contributed by atoms with Crippen LogP contribution < -0.4 is 19.5 Å². The molecule has 30 heavy (non-hydrogen) atoms. The molecule has 0 atom stereocenters. The molecule has 1 N–H and O–H groups in total. The molecule has 7 nitrogen and oxygen atoms in total. The molecular weight excluding hydrogens is 382 g/mol. The average Bonchev–Trinajstić information content (AvgIpc) is 3.16. The second-order valence-electron chi connectivity index (χ2n) is 6.68. The highest BCUT2D eigenvalue weighted by atomic mass is 16.5. The first-order chi connectivity index (χ1) is 14.6. The van der Waals surface area contributed by atoms with E-state index in [0.717, 1.165) is 16.9 Å². The molecule has 3 aromatic rings. The van der Waals surface area contributed by atoms with Gasteiger partial charge >= 0.3 is 0 Å². The van der Waals surface area contributed by atoms with Gasteiger partial charge in [0.25, 0.3) is 5.91 Å². The van der Waals surface area contributed by atoms with Gasteiger partial charge in [-0.2, -0.15) is 5.10 Å². The standard InChI is InChI=1S/C23H27N3O4/c1-4-28-21-11-10-18(12-22(21)29-5-2)14-26-15-19(13-24-26)25-23(27)16-30-20-9-7-6-8-17(20)3/h6-13,15H,4-5,14,16H2,1-3H3,(H,25,27). The van der Waals surface area contributed by atoms with Gasteiger partial charge in [0.05, 0.1) is 31.6 Å². The number of rotatable bonds is 10. The molecule has 0 bridgehead atoms. The fourth-order valence-electron chi connectivity index (χ4n) is 2.95. The predicted molar refractivity (Wildman–Crippen MR) is 115 cm³/mol. The topological polar surface area (TPSA) is 74.6 Å². The number of carbonyl (C=O) groups is 1. The smallest absolute Gasteiger partial charge is 0.262 e. The van der Waals surface area contributed by atoms with E-state index in [2.05, 4.69) is 10.4 Å². The van der Waals surface area contributed by atoms with Gasteiger partial charge in [0.2, 0.25) is 0 Å². The number of hydrogen-bond acceptors (Lipinski definition) is 5. The summed E-state index contributed by atoms with van der Waals surface area (Å²) < 4.78 is 18.6. The highest BCUT2D eigenvalue weighted by Gasteiger charge is 2.09. The minimum atomic E-state index is -0.238. The van der Waals surface area contributed by atoms with Crippen LogP contribution in [0.5, 0.6) is 17.2 Å². The Kier molecular flexibility index (Phi) is 7.32. The number of amides is 1. The number of hydrogen-bond donors (Lipinski definition) is 1. The summed E-state index contributed by atoms with van der Waals surface area (Å²) in [5.74, 6) is 1.90. The van der Waals surface area contributed by atoms with Crippen molar-refractivity contribution in [3.05, 3.63) is 66.0 Å². The van der Waals surface area contributed by atoms with E-state index in [-0.39, 0.29) is 12.5 Å². The van der Waals surface area contributed by atoms with Crippen LogP contribution in [-0.4, -0.2) is 35.5 Å². The van der Waals surface area contributed by atoms with Crippen LogP contribution in [0.4, 0.5) is 5.69 Å². The quantitative estimate of drug-likeness (QED) is 0.547. The largest absolute Gasteiger partial charge is 0.490 e. The van der Waals surface area contributed by atoms with E-state index in [0.29, 0.717) is 36.9 Å². The van der Waals surface area contributed by atoms with Crippen LogP contribution in [0.3, 0.4) is 0 Å². The number of nitrogens with zero attached hydrogens (tertiary/aromatic N) is 2. The summed E-state index contributed by atoms with van der Waals surface area (Å²) in [7, 11) is 0. The van der Waals surface area contributed by atoms with Crippen LogP contribution in [0.25, 0.3) is 0 Å². The van der Waals surface area contributed by atoms with Crippen LogP contribution in [0.1, 0.15) is 25.0 Å². The summed E-state index contributed by atoms with van der Waals surface area (Å²) in [6.45, 7) is 7.44. The molecule has 0 unspecified atom stereocenters. The predicted octanol–water partition coefficient (Wildman–Crippen LogP) is 4.05. The second kappa shape index (κ2) is 10.3. The molecular formula is C23H27N3O4. The normalized spacial score (nSPS) is 10.5.